The molecular weight excluding hydrogens is 256 g/mol. The Morgan fingerprint density at radius 2 is 2.09 bits per heavy atom. The van der Waals surface area contributed by atoms with Gasteiger partial charge in [-0.25, -0.2) is 4.39 Å². The molecule has 1 nitrogen and oxygen atoms in total. The van der Waals surface area contributed by atoms with E-state index < -0.39 is 0 Å². The van der Waals surface area contributed by atoms with Crippen LogP contribution in [0.3, 0.4) is 0 Å². The molecule has 3 heteroatoms. The van der Waals surface area contributed by atoms with Crippen molar-refractivity contribution in [1.82, 2.24) is 3.53 Å². The summed E-state index contributed by atoms with van der Waals surface area (Å²) in [6.07, 6.45) is 0.746. The zero-order valence-electron chi connectivity index (χ0n) is 5.98. The van der Waals surface area contributed by atoms with Gasteiger partial charge in [0.2, 0.25) is 0 Å². The summed E-state index contributed by atoms with van der Waals surface area (Å²) in [7, 11) is 0. The van der Waals surface area contributed by atoms with E-state index in [0.29, 0.717) is 0 Å². The summed E-state index contributed by atoms with van der Waals surface area (Å²) < 4.78 is 15.8. The minimum atomic E-state index is -0.112. The van der Waals surface area contributed by atoms with Crippen LogP contribution in [0.5, 0.6) is 0 Å². The molecule has 0 spiro atoms. The van der Waals surface area contributed by atoms with Crippen LogP contribution in [0.2, 0.25) is 0 Å². The van der Waals surface area contributed by atoms with Crippen molar-refractivity contribution < 1.29 is 4.39 Å². The average Bonchev–Trinajstić information content (AvgIpc) is 2.03. The fourth-order valence-electron chi connectivity index (χ4n) is 0.883. The van der Waals surface area contributed by atoms with E-state index in [2.05, 4.69) is 26.4 Å². The van der Waals surface area contributed by atoms with Crippen molar-refractivity contribution in [3.8, 4) is 0 Å². The molecule has 0 amide bonds. The number of nitrogens with one attached hydrogen (secondary N) is 1. The number of rotatable bonds is 3. The van der Waals surface area contributed by atoms with Gasteiger partial charge in [-0.05, 0) is 18.1 Å². The van der Waals surface area contributed by atoms with E-state index >= 15 is 0 Å². The highest BCUT2D eigenvalue weighted by atomic mass is 127. The van der Waals surface area contributed by atoms with Gasteiger partial charge in [-0.15, -0.1) is 0 Å². The van der Waals surface area contributed by atoms with E-state index in [4.69, 9.17) is 0 Å². The fourth-order valence-corrected chi connectivity index (χ4v) is 1.15. The van der Waals surface area contributed by atoms with Crippen LogP contribution in [0.4, 0.5) is 4.39 Å². The maximum atomic E-state index is 12.9. The molecule has 1 aromatic carbocycles. The van der Waals surface area contributed by atoms with Crippen molar-refractivity contribution in [2.24, 2.45) is 0 Å². The molecule has 0 saturated heterocycles. The van der Waals surface area contributed by atoms with Gasteiger partial charge in [0.25, 0.3) is 0 Å². The van der Waals surface area contributed by atoms with Gasteiger partial charge in [-0.3, -0.25) is 3.53 Å². The molecule has 0 atom stereocenters. The van der Waals surface area contributed by atoms with Crippen LogP contribution in [-0.4, -0.2) is 6.54 Å². The molecule has 1 rings (SSSR count). The normalized spacial score (nSPS) is 10.0. The zero-order valence-corrected chi connectivity index (χ0v) is 8.14. The van der Waals surface area contributed by atoms with Gasteiger partial charge in [-0.2, -0.15) is 0 Å². The molecule has 0 aliphatic rings. The lowest BCUT2D eigenvalue weighted by Crippen LogP contribution is -2.04. The number of hydrogen-bond donors (Lipinski definition) is 1. The number of benzene rings is 1. The highest BCUT2D eigenvalue weighted by Gasteiger charge is 1.97. The molecule has 0 aliphatic heterocycles. The molecule has 0 bridgehead atoms. The summed E-state index contributed by atoms with van der Waals surface area (Å²) in [5.74, 6) is -0.112. The zero-order chi connectivity index (χ0) is 8.10. The third-order valence-corrected chi connectivity index (χ3v) is 1.99. The first-order valence-corrected chi connectivity index (χ1v) is 4.49. The van der Waals surface area contributed by atoms with Gasteiger partial charge < -0.3 is 0 Å². The molecule has 0 unspecified atom stereocenters. The minimum Gasteiger partial charge on any atom is -0.261 e. The lowest BCUT2D eigenvalue weighted by Gasteiger charge is -1.99. The lowest BCUT2D eigenvalue weighted by molar-refractivity contribution is 0.609. The highest BCUT2D eigenvalue weighted by Crippen LogP contribution is 2.06. The van der Waals surface area contributed by atoms with Crippen LogP contribution in [0.15, 0.2) is 24.3 Å². The Morgan fingerprint density at radius 3 is 2.73 bits per heavy atom. The van der Waals surface area contributed by atoms with E-state index in [1.165, 1.54) is 6.07 Å². The van der Waals surface area contributed by atoms with Crippen LogP contribution < -0.4 is 3.53 Å². The number of halogens is 2. The van der Waals surface area contributed by atoms with Gasteiger partial charge >= 0.3 is 0 Å². The quantitative estimate of drug-likeness (QED) is 0.653. The Labute approximate surface area is 79.5 Å². The second kappa shape index (κ2) is 4.66. The molecule has 0 aliphatic carbocycles. The van der Waals surface area contributed by atoms with Crippen molar-refractivity contribution >= 4 is 22.9 Å². The monoisotopic (exact) mass is 265 g/mol. The molecule has 1 aromatic rings. The van der Waals surface area contributed by atoms with E-state index in [1.807, 2.05) is 12.1 Å². The first-order chi connectivity index (χ1) is 5.34. The van der Waals surface area contributed by atoms with E-state index in [9.17, 15) is 4.39 Å². The molecule has 0 radical (unpaired) electrons. The third-order valence-electron chi connectivity index (χ3n) is 1.45. The van der Waals surface area contributed by atoms with Crippen molar-refractivity contribution in [2.75, 3.05) is 6.54 Å². The maximum Gasteiger partial charge on any atom is 0.126 e. The number of hydrogen-bond acceptors (Lipinski definition) is 1. The van der Waals surface area contributed by atoms with Crippen LogP contribution >= 0.6 is 22.9 Å². The van der Waals surface area contributed by atoms with Crippen LogP contribution in [0.25, 0.3) is 0 Å². The summed E-state index contributed by atoms with van der Waals surface area (Å²) in [5.41, 5.74) is 0.775. The molecule has 60 valence electrons. The van der Waals surface area contributed by atoms with Gasteiger partial charge in [-0.1, -0.05) is 18.2 Å². The highest BCUT2D eigenvalue weighted by molar-refractivity contribution is 14.1. The summed E-state index contributed by atoms with van der Waals surface area (Å²) in [6, 6.07) is 6.85. The second-order valence-electron chi connectivity index (χ2n) is 2.23. The summed E-state index contributed by atoms with van der Waals surface area (Å²) >= 11 is 2.05. The standard InChI is InChI=1S/C8H9FIN/c9-8-4-2-1-3-7(8)5-6-11-10/h1-4,11H,5-6H2. The average molecular weight is 265 g/mol. The Morgan fingerprint density at radius 1 is 1.36 bits per heavy atom. The maximum absolute atomic E-state index is 12.9. The molecule has 0 fully saturated rings. The third kappa shape index (κ3) is 2.75. The Balaban J connectivity index is 2.62. The second-order valence-corrected chi connectivity index (χ2v) is 2.99. The predicted molar refractivity (Wildman–Crippen MR) is 52.1 cm³/mol. The molecule has 0 saturated carbocycles. The largest absolute Gasteiger partial charge is 0.261 e. The topological polar surface area (TPSA) is 12.0 Å². The van der Waals surface area contributed by atoms with Gasteiger partial charge in [0.15, 0.2) is 0 Å². The summed E-state index contributed by atoms with van der Waals surface area (Å²) in [5, 5.41) is 0. The SMILES string of the molecule is Fc1ccccc1CCNI. The van der Waals surface area contributed by atoms with E-state index in [-0.39, 0.29) is 5.82 Å². The molecule has 11 heavy (non-hydrogen) atoms. The Hall–Kier alpha value is -0.160. The van der Waals surface area contributed by atoms with Crippen molar-refractivity contribution in [3.63, 3.8) is 0 Å². The fraction of sp³-hybridized carbons (Fsp3) is 0.250. The van der Waals surface area contributed by atoms with Crippen LogP contribution in [0, 0.1) is 5.82 Å². The van der Waals surface area contributed by atoms with E-state index in [0.717, 1.165) is 18.5 Å². The molecule has 1 N–H and O–H groups in total. The van der Waals surface area contributed by atoms with Crippen LogP contribution in [0.1, 0.15) is 5.56 Å². The first kappa shape index (κ1) is 8.93. The van der Waals surface area contributed by atoms with Crippen LogP contribution in [-0.2, 0) is 6.42 Å². The van der Waals surface area contributed by atoms with Crippen molar-refractivity contribution in [1.29, 1.82) is 0 Å². The van der Waals surface area contributed by atoms with E-state index in [1.54, 1.807) is 6.07 Å². The summed E-state index contributed by atoms with van der Waals surface area (Å²) in [6.45, 7) is 0.807. The van der Waals surface area contributed by atoms with Crippen molar-refractivity contribution in [3.05, 3.63) is 35.6 Å². The Kier molecular flexibility index (Phi) is 3.79. The molecular formula is C8H9FIN. The predicted octanol–water partition coefficient (Wildman–Crippen LogP) is 2.31. The first-order valence-electron chi connectivity index (χ1n) is 3.41. The Bertz CT molecular complexity index is 227. The molecule has 0 aromatic heterocycles. The molecule has 0 heterocycles. The summed E-state index contributed by atoms with van der Waals surface area (Å²) in [4.78, 5) is 0. The minimum absolute atomic E-state index is 0.112. The smallest absolute Gasteiger partial charge is 0.126 e. The van der Waals surface area contributed by atoms with Gasteiger partial charge in [0.1, 0.15) is 5.82 Å². The lowest BCUT2D eigenvalue weighted by atomic mass is 10.1. The van der Waals surface area contributed by atoms with Gasteiger partial charge in [0, 0.05) is 29.4 Å². The van der Waals surface area contributed by atoms with Gasteiger partial charge in [0.05, 0.1) is 0 Å². The van der Waals surface area contributed by atoms with Crippen molar-refractivity contribution in [2.45, 2.75) is 6.42 Å².